The monoisotopic (exact) mass is 126 g/mol. The molecule has 1 saturated carbocycles. The van der Waals surface area contributed by atoms with Gasteiger partial charge in [0.15, 0.2) is 0 Å². The van der Waals surface area contributed by atoms with Gasteiger partial charge in [-0.15, -0.1) is 0 Å². The van der Waals surface area contributed by atoms with Crippen molar-refractivity contribution in [1.82, 2.24) is 0 Å². The normalized spacial score (nSPS) is 47.0. The molecule has 9 heavy (non-hydrogen) atoms. The lowest BCUT2D eigenvalue weighted by atomic mass is 10.0. The number of fused-ring (bicyclic) bond motifs is 1. The lowest BCUT2D eigenvalue weighted by molar-refractivity contribution is 0.240. The van der Waals surface area contributed by atoms with Crippen LogP contribution in [0.1, 0.15) is 39.0 Å². The fraction of sp³-hybridized carbons (Fsp3) is 1.00. The molecule has 1 heteroatoms. The summed E-state index contributed by atoms with van der Waals surface area (Å²) in [6.07, 6.45) is 7.35. The van der Waals surface area contributed by atoms with E-state index in [-0.39, 0.29) is 0 Å². The fourth-order valence-electron chi connectivity index (χ4n) is 2.15. The summed E-state index contributed by atoms with van der Waals surface area (Å²) in [6.45, 7) is 2.24. The average molecular weight is 126 g/mol. The Labute approximate surface area is 56.4 Å². The number of rotatable bonds is 2. The van der Waals surface area contributed by atoms with Crippen LogP contribution in [-0.2, 0) is 4.74 Å². The van der Waals surface area contributed by atoms with E-state index in [2.05, 4.69) is 6.92 Å². The van der Waals surface area contributed by atoms with Crippen LogP contribution in [-0.4, -0.2) is 11.7 Å². The van der Waals surface area contributed by atoms with Crippen molar-refractivity contribution in [3.8, 4) is 0 Å². The maximum Gasteiger partial charge on any atom is 0.0948 e. The molecular formula is C8H14O. The second-order valence-corrected chi connectivity index (χ2v) is 3.31. The number of epoxide rings is 1. The molecular weight excluding hydrogens is 112 g/mol. The molecule has 2 rings (SSSR count). The third-order valence-electron chi connectivity index (χ3n) is 2.65. The van der Waals surface area contributed by atoms with Crippen molar-refractivity contribution >= 4 is 0 Å². The zero-order chi connectivity index (χ0) is 6.32. The van der Waals surface area contributed by atoms with Gasteiger partial charge in [-0.25, -0.2) is 0 Å². The Hall–Kier alpha value is -0.0400. The molecule has 1 saturated heterocycles. The molecule has 0 bridgehead atoms. The van der Waals surface area contributed by atoms with Gasteiger partial charge in [0.2, 0.25) is 0 Å². The first kappa shape index (κ1) is 5.72. The van der Waals surface area contributed by atoms with Crippen LogP contribution in [0, 0.1) is 0 Å². The standard InChI is InChI=1S/C8H14O/c1-2-5-8-6-3-4-7(8)9-8/h7H,2-6H2,1H3/t7-,8?/m0/s1. The molecule has 1 heterocycles. The minimum absolute atomic E-state index is 0.411. The quantitative estimate of drug-likeness (QED) is 0.516. The van der Waals surface area contributed by atoms with Gasteiger partial charge in [0.25, 0.3) is 0 Å². The highest BCUT2D eigenvalue weighted by molar-refractivity contribution is 5.06. The topological polar surface area (TPSA) is 12.5 Å². The van der Waals surface area contributed by atoms with Crippen LogP contribution < -0.4 is 0 Å². The SMILES string of the molecule is CCCC12CCC[C@@H]1O2. The Balaban J connectivity index is 1.95. The Bertz CT molecular complexity index is 122. The van der Waals surface area contributed by atoms with E-state index in [1.165, 1.54) is 32.1 Å². The van der Waals surface area contributed by atoms with Gasteiger partial charge < -0.3 is 4.74 Å². The van der Waals surface area contributed by atoms with Crippen LogP contribution in [0.3, 0.4) is 0 Å². The summed E-state index contributed by atoms with van der Waals surface area (Å²) in [7, 11) is 0. The van der Waals surface area contributed by atoms with Gasteiger partial charge in [0, 0.05) is 0 Å². The summed E-state index contributed by atoms with van der Waals surface area (Å²) in [5.74, 6) is 0. The van der Waals surface area contributed by atoms with Crippen LogP contribution >= 0.6 is 0 Å². The third-order valence-corrected chi connectivity index (χ3v) is 2.65. The van der Waals surface area contributed by atoms with Crippen molar-refractivity contribution < 1.29 is 4.74 Å². The van der Waals surface area contributed by atoms with Crippen molar-refractivity contribution in [2.45, 2.75) is 50.7 Å². The van der Waals surface area contributed by atoms with Crippen LogP contribution in [0.2, 0.25) is 0 Å². The number of hydrogen-bond donors (Lipinski definition) is 0. The molecule has 1 aliphatic heterocycles. The van der Waals surface area contributed by atoms with Crippen LogP contribution in [0.5, 0.6) is 0 Å². The predicted octanol–water partition coefficient (Wildman–Crippen LogP) is 2.11. The highest BCUT2D eigenvalue weighted by Gasteiger charge is 2.57. The van der Waals surface area contributed by atoms with Crippen molar-refractivity contribution in [2.24, 2.45) is 0 Å². The van der Waals surface area contributed by atoms with Gasteiger partial charge in [0.05, 0.1) is 11.7 Å². The van der Waals surface area contributed by atoms with Crippen molar-refractivity contribution in [2.75, 3.05) is 0 Å². The molecule has 0 N–H and O–H groups in total. The van der Waals surface area contributed by atoms with Crippen molar-refractivity contribution in [3.05, 3.63) is 0 Å². The van der Waals surface area contributed by atoms with Crippen LogP contribution in [0.4, 0.5) is 0 Å². The highest BCUT2D eigenvalue weighted by atomic mass is 16.6. The van der Waals surface area contributed by atoms with Gasteiger partial charge in [-0.1, -0.05) is 13.3 Å². The molecule has 0 radical (unpaired) electrons. The molecule has 0 amide bonds. The van der Waals surface area contributed by atoms with Crippen LogP contribution in [0.25, 0.3) is 0 Å². The summed E-state index contributed by atoms with van der Waals surface area (Å²) in [4.78, 5) is 0. The number of hydrogen-bond acceptors (Lipinski definition) is 1. The molecule has 0 spiro atoms. The maximum absolute atomic E-state index is 5.58. The summed E-state index contributed by atoms with van der Waals surface area (Å²) in [5, 5.41) is 0. The number of ether oxygens (including phenoxy) is 1. The largest absolute Gasteiger partial charge is 0.366 e. The summed E-state index contributed by atoms with van der Waals surface area (Å²) >= 11 is 0. The van der Waals surface area contributed by atoms with Gasteiger partial charge in [-0.3, -0.25) is 0 Å². The Morgan fingerprint density at radius 1 is 1.67 bits per heavy atom. The van der Waals surface area contributed by atoms with Crippen LogP contribution in [0.15, 0.2) is 0 Å². The molecule has 1 aliphatic carbocycles. The second-order valence-electron chi connectivity index (χ2n) is 3.31. The molecule has 2 aliphatic rings. The summed E-state index contributed by atoms with van der Waals surface area (Å²) in [6, 6.07) is 0. The predicted molar refractivity (Wildman–Crippen MR) is 36.4 cm³/mol. The highest BCUT2D eigenvalue weighted by Crippen LogP contribution is 2.52. The van der Waals surface area contributed by atoms with E-state index >= 15 is 0 Å². The van der Waals surface area contributed by atoms with E-state index in [0.29, 0.717) is 11.7 Å². The summed E-state index contributed by atoms with van der Waals surface area (Å²) < 4.78 is 5.58. The van der Waals surface area contributed by atoms with Crippen molar-refractivity contribution in [1.29, 1.82) is 0 Å². The lowest BCUT2D eigenvalue weighted by Gasteiger charge is -2.03. The minimum atomic E-state index is 0.411. The van der Waals surface area contributed by atoms with Gasteiger partial charge in [-0.05, 0) is 25.7 Å². The van der Waals surface area contributed by atoms with Gasteiger partial charge in [-0.2, -0.15) is 0 Å². The molecule has 0 aromatic heterocycles. The molecule has 2 atom stereocenters. The lowest BCUT2D eigenvalue weighted by Crippen LogP contribution is -2.07. The first-order chi connectivity index (χ1) is 4.37. The molecule has 0 aromatic rings. The Morgan fingerprint density at radius 3 is 3.00 bits per heavy atom. The smallest absolute Gasteiger partial charge is 0.0948 e. The van der Waals surface area contributed by atoms with E-state index in [0.717, 1.165) is 0 Å². The molecule has 2 fully saturated rings. The fourth-order valence-corrected chi connectivity index (χ4v) is 2.15. The molecule has 1 nitrogen and oxygen atoms in total. The zero-order valence-electron chi connectivity index (χ0n) is 6.02. The van der Waals surface area contributed by atoms with E-state index in [4.69, 9.17) is 4.74 Å². The molecule has 52 valence electrons. The third kappa shape index (κ3) is 0.710. The first-order valence-corrected chi connectivity index (χ1v) is 4.05. The van der Waals surface area contributed by atoms with Gasteiger partial charge in [0.1, 0.15) is 0 Å². The molecule has 1 unspecified atom stereocenters. The zero-order valence-corrected chi connectivity index (χ0v) is 6.02. The maximum atomic E-state index is 5.58. The van der Waals surface area contributed by atoms with E-state index in [1.807, 2.05) is 0 Å². The molecule has 0 aromatic carbocycles. The first-order valence-electron chi connectivity index (χ1n) is 4.05. The Morgan fingerprint density at radius 2 is 2.56 bits per heavy atom. The second kappa shape index (κ2) is 1.72. The van der Waals surface area contributed by atoms with Gasteiger partial charge >= 0.3 is 0 Å². The van der Waals surface area contributed by atoms with E-state index in [9.17, 15) is 0 Å². The van der Waals surface area contributed by atoms with E-state index < -0.39 is 0 Å². The minimum Gasteiger partial charge on any atom is -0.366 e. The van der Waals surface area contributed by atoms with Crippen molar-refractivity contribution in [3.63, 3.8) is 0 Å². The summed E-state index contributed by atoms with van der Waals surface area (Å²) in [5.41, 5.74) is 0.411. The average Bonchev–Trinajstić information content (AvgIpc) is 2.37. The van der Waals surface area contributed by atoms with E-state index in [1.54, 1.807) is 0 Å². The Kier molecular flexibility index (Phi) is 1.10.